The van der Waals surface area contributed by atoms with Gasteiger partial charge in [0, 0.05) is 37.9 Å². The zero-order valence-electron chi connectivity index (χ0n) is 16.5. The molecule has 1 atom stereocenters. The Bertz CT molecular complexity index is 948. The Morgan fingerprint density at radius 3 is 2.45 bits per heavy atom. The number of piperazine rings is 1. The first-order valence-electron chi connectivity index (χ1n) is 9.81. The van der Waals surface area contributed by atoms with Gasteiger partial charge in [0.05, 0.1) is 6.04 Å². The molecule has 8 nitrogen and oxygen atoms in total. The van der Waals surface area contributed by atoms with E-state index in [0.717, 1.165) is 24.5 Å². The maximum absolute atomic E-state index is 12.9. The molecule has 1 aliphatic rings. The van der Waals surface area contributed by atoms with Crippen molar-refractivity contribution in [1.29, 1.82) is 0 Å². The van der Waals surface area contributed by atoms with Crippen molar-refractivity contribution in [2.75, 3.05) is 31.1 Å². The van der Waals surface area contributed by atoms with Gasteiger partial charge < -0.3 is 15.5 Å². The van der Waals surface area contributed by atoms with Crippen LogP contribution in [0, 0.1) is 0 Å². The predicted molar refractivity (Wildman–Crippen MR) is 111 cm³/mol. The maximum atomic E-state index is 12.9. The van der Waals surface area contributed by atoms with E-state index in [1.54, 1.807) is 10.9 Å². The van der Waals surface area contributed by atoms with Crippen molar-refractivity contribution in [3.05, 3.63) is 60.6 Å². The van der Waals surface area contributed by atoms with Crippen molar-refractivity contribution in [1.82, 2.24) is 24.6 Å². The normalized spacial score (nSPS) is 15.4. The highest BCUT2D eigenvalue weighted by atomic mass is 16.2. The number of nitrogens with two attached hydrogens (primary N) is 1. The van der Waals surface area contributed by atoms with Crippen LogP contribution in [0.5, 0.6) is 0 Å². The van der Waals surface area contributed by atoms with Gasteiger partial charge in [0.25, 0.3) is 0 Å². The number of nitrogens with zero attached hydrogens (tertiary/aromatic N) is 6. The summed E-state index contributed by atoms with van der Waals surface area (Å²) in [6.45, 7) is 4.82. The van der Waals surface area contributed by atoms with E-state index in [4.69, 9.17) is 5.73 Å². The smallest absolute Gasteiger partial charge is 0.244 e. The molecule has 8 heteroatoms. The molecule has 1 aliphatic heterocycles. The number of carbonyl (C=O) groups is 1. The number of benzene rings is 1. The second-order valence-electron chi connectivity index (χ2n) is 7.16. The minimum atomic E-state index is -0.311. The molecule has 150 valence electrons. The van der Waals surface area contributed by atoms with Crippen LogP contribution >= 0.6 is 0 Å². The van der Waals surface area contributed by atoms with Crippen LogP contribution in [0.25, 0.3) is 11.4 Å². The van der Waals surface area contributed by atoms with E-state index < -0.39 is 0 Å². The third kappa shape index (κ3) is 4.27. The van der Waals surface area contributed by atoms with Gasteiger partial charge in [-0.05, 0) is 19.1 Å². The monoisotopic (exact) mass is 391 g/mol. The third-order valence-corrected chi connectivity index (χ3v) is 5.03. The van der Waals surface area contributed by atoms with E-state index >= 15 is 0 Å². The molecule has 0 unspecified atom stereocenters. The van der Waals surface area contributed by atoms with Crippen LogP contribution in [0.15, 0.2) is 54.7 Å². The van der Waals surface area contributed by atoms with E-state index in [2.05, 4.69) is 20.0 Å². The fourth-order valence-electron chi connectivity index (χ4n) is 3.47. The van der Waals surface area contributed by atoms with Gasteiger partial charge in [-0.1, -0.05) is 36.4 Å². The molecule has 3 aromatic rings. The van der Waals surface area contributed by atoms with E-state index in [1.807, 2.05) is 60.4 Å². The Kier molecular flexibility index (Phi) is 5.53. The standard InChI is InChI=1S/C21H25N7O/c1-16(22)21-24-20(17-7-3-2-4-8-17)25-28(21)15-19(29)27-13-11-26(12-14-27)18-9-5-6-10-23-18/h2-10,16H,11-15,22H2,1H3/t16-/m0/s1. The molecule has 0 bridgehead atoms. The second-order valence-corrected chi connectivity index (χ2v) is 7.16. The van der Waals surface area contributed by atoms with Gasteiger partial charge in [-0.2, -0.15) is 5.10 Å². The van der Waals surface area contributed by atoms with Crippen LogP contribution in [0.4, 0.5) is 5.82 Å². The average Bonchev–Trinajstić information content (AvgIpc) is 3.19. The number of carbonyl (C=O) groups excluding carboxylic acids is 1. The minimum Gasteiger partial charge on any atom is -0.353 e. The lowest BCUT2D eigenvalue weighted by Gasteiger charge is -2.35. The Morgan fingerprint density at radius 2 is 1.79 bits per heavy atom. The first-order valence-corrected chi connectivity index (χ1v) is 9.81. The van der Waals surface area contributed by atoms with Crippen molar-refractivity contribution in [3.8, 4) is 11.4 Å². The summed E-state index contributed by atoms with van der Waals surface area (Å²) in [5, 5.41) is 4.56. The summed E-state index contributed by atoms with van der Waals surface area (Å²) in [7, 11) is 0. The number of anilines is 1. The minimum absolute atomic E-state index is 0.0251. The summed E-state index contributed by atoms with van der Waals surface area (Å²) in [5.41, 5.74) is 6.99. The highest BCUT2D eigenvalue weighted by molar-refractivity contribution is 5.76. The molecule has 0 saturated carbocycles. The van der Waals surface area contributed by atoms with Gasteiger partial charge in [-0.3, -0.25) is 4.79 Å². The average molecular weight is 391 g/mol. The number of pyridine rings is 1. The molecule has 2 N–H and O–H groups in total. The SMILES string of the molecule is C[C@H](N)c1nc(-c2ccccc2)nn1CC(=O)N1CCN(c2ccccn2)CC1. The molecule has 0 aliphatic carbocycles. The Morgan fingerprint density at radius 1 is 1.07 bits per heavy atom. The molecule has 1 saturated heterocycles. The van der Waals surface area contributed by atoms with Gasteiger partial charge in [-0.25, -0.2) is 14.6 Å². The summed E-state index contributed by atoms with van der Waals surface area (Å²) < 4.78 is 1.64. The second kappa shape index (κ2) is 8.40. The molecule has 2 aromatic heterocycles. The van der Waals surface area contributed by atoms with Crippen LogP contribution < -0.4 is 10.6 Å². The number of amides is 1. The summed E-state index contributed by atoms with van der Waals surface area (Å²) in [5.74, 6) is 2.18. The lowest BCUT2D eigenvalue weighted by atomic mass is 10.2. The van der Waals surface area contributed by atoms with Gasteiger partial charge in [0.15, 0.2) is 5.82 Å². The van der Waals surface area contributed by atoms with E-state index in [9.17, 15) is 4.79 Å². The first-order chi connectivity index (χ1) is 14.1. The van der Waals surface area contributed by atoms with Crippen molar-refractivity contribution in [2.24, 2.45) is 5.73 Å². The molecule has 0 spiro atoms. The largest absolute Gasteiger partial charge is 0.353 e. The van der Waals surface area contributed by atoms with Gasteiger partial charge >= 0.3 is 0 Å². The molecule has 0 radical (unpaired) electrons. The van der Waals surface area contributed by atoms with Crippen LogP contribution in [0.2, 0.25) is 0 Å². The predicted octanol–water partition coefficient (Wildman–Crippen LogP) is 1.71. The fraction of sp³-hybridized carbons (Fsp3) is 0.333. The molecular weight excluding hydrogens is 366 g/mol. The third-order valence-electron chi connectivity index (χ3n) is 5.03. The molecular formula is C21H25N7O. The zero-order valence-corrected chi connectivity index (χ0v) is 16.5. The Labute approximate surface area is 170 Å². The van der Waals surface area contributed by atoms with Crippen LogP contribution in [-0.4, -0.2) is 56.7 Å². The first kappa shape index (κ1) is 19.1. The van der Waals surface area contributed by atoms with Crippen molar-refractivity contribution >= 4 is 11.7 Å². The molecule has 4 rings (SSSR count). The Hall–Kier alpha value is -3.26. The summed E-state index contributed by atoms with van der Waals surface area (Å²) >= 11 is 0. The highest BCUT2D eigenvalue weighted by Gasteiger charge is 2.24. The van der Waals surface area contributed by atoms with E-state index in [0.29, 0.717) is 24.7 Å². The molecule has 1 amide bonds. The number of hydrogen-bond donors (Lipinski definition) is 1. The van der Waals surface area contributed by atoms with E-state index in [1.165, 1.54) is 0 Å². The summed E-state index contributed by atoms with van der Waals surface area (Å²) in [6, 6.07) is 15.3. The molecule has 29 heavy (non-hydrogen) atoms. The maximum Gasteiger partial charge on any atom is 0.244 e. The van der Waals surface area contributed by atoms with E-state index in [-0.39, 0.29) is 18.5 Å². The zero-order chi connectivity index (χ0) is 20.2. The lowest BCUT2D eigenvalue weighted by Crippen LogP contribution is -2.50. The van der Waals surface area contributed by atoms with Crippen molar-refractivity contribution in [3.63, 3.8) is 0 Å². The van der Waals surface area contributed by atoms with Crippen LogP contribution in [0.1, 0.15) is 18.8 Å². The number of aromatic nitrogens is 4. The number of rotatable bonds is 5. The lowest BCUT2D eigenvalue weighted by molar-refractivity contribution is -0.132. The van der Waals surface area contributed by atoms with Crippen LogP contribution in [-0.2, 0) is 11.3 Å². The molecule has 1 aromatic carbocycles. The molecule has 3 heterocycles. The van der Waals surface area contributed by atoms with Gasteiger partial charge in [0.2, 0.25) is 5.91 Å². The Balaban J connectivity index is 1.44. The van der Waals surface area contributed by atoms with Gasteiger partial charge in [0.1, 0.15) is 18.2 Å². The topological polar surface area (TPSA) is 93.2 Å². The summed E-state index contributed by atoms with van der Waals surface area (Å²) in [4.78, 5) is 25.9. The fourth-order valence-corrected chi connectivity index (χ4v) is 3.47. The van der Waals surface area contributed by atoms with Crippen molar-refractivity contribution in [2.45, 2.75) is 19.5 Å². The van der Waals surface area contributed by atoms with Crippen molar-refractivity contribution < 1.29 is 4.79 Å². The molecule has 1 fully saturated rings. The number of hydrogen-bond acceptors (Lipinski definition) is 6. The summed E-state index contributed by atoms with van der Waals surface area (Å²) in [6.07, 6.45) is 1.79. The highest BCUT2D eigenvalue weighted by Crippen LogP contribution is 2.18. The van der Waals surface area contributed by atoms with Crippen LogP contribution in [0.3, 0.4) is 0 Å². The quantitative estimate of drug-likeness (QED) is 0.712. The van der Waals surface area contributed by atoms with Gasteiger partial charge in [-0.15, -0.1) is 0 Å².